The number of hydrogen-bond acceptors (Lipinski definition) is 6. The molecule has 0 fully saturated rings. The van der Waals surface area contributed by atoms with Crippen molar-refractivity contribution in [2.75, 3.05) is 12.1 Å². The highest BCUT2D eigenvalue weighted by atomic mass is 16.7. The first-order chi connectivity index (χ1) is 8.31. The molecular formula is C10H11N5O2. The lowest BCUT2D eigenvalue weighted by Crippen LogP contribution is -2.02. The van der Waals surface area contributed by atoms with Gasteiger partial charge in [0.2, 0.25) is 6.79 Å². The van der Waals surface area contributed by atoms with Crippen LogP contribution in [-0.4, -0.2) is 27.0 Å². The Bertz CT molecular complexity index is 539. The van der Waals surface area contributed by atoms with E-state index in [1.165, 1.54) is 4.80 Å². The fourth-order valence-electron chi connectivity index (χ4n) is 1.58. The van der Waals surface area contributed by atoms with Gasteiger partial charge in [-0.1, -0.05) is 0 Å². The normalized spacial score (nSPS) is 12.8. The standard InChI is InChI=1S/C10H11N5O2/c1-15-13-10(12-14-15)5-11-7-2-3-8-9(4-7)17-6-16-8/h2-4,11H,5-6H2,1H3. The maximum atomic E-state index is 5.29. The molecule has 0 amide bonds. The minimum absolute atomic E-state index is 0.282. The van der Waals surface area contributed by atoms with Crippen LogP contribution >= 0.6 is 0 Å². The molecule has 1 aromatic heterocycles. The van der Waals surface area contributed by atoms with Gasteiger partial charge in [-0.2, -0.15) is 4.80 Å². The Morgan fingerprint density at radius 2 is 2.24 bits per heavy atom. The number of tetrazole rings is 1. The Labute approximate surface area is 97.3 Å². The second-order valence-corrected chi connectivity index (χ2v) is 3.62. The molecule has 0 bridgehead atoms. The second kappa shape index (κ2) is 3.93. The number of fused-ring (bicyclic) bond motifs is 1. The van der Waals surface area contributed by atoms with Crippen molar-refractivity contribution in [3.05, 3.63) is 24.0 Å². The number of hydrogen-bond donors (Lipinski definition) is 1. The molecule has 7 heteroatoms. The molecule has 17 heavy (non-hydrogen) atoms. The molecule has 0 atom stereocenters. The smallest absolute Gasteiger partial charge is 0.231 e. The third-order valence-electron chi connectivity index (χ3n) is 2.37. The van der Waals surface area contributed by atoms with Gasteiger partial charge in [0.1, 0.15) is 0 Å². The van der Waals surface area contributed by atoms with Crippen LogP contribution in [0.5, 0.6) is 11.5 Å². The summed E-state index contributed by atoms with van der Waals surface area (Å²) in [6.45, 7) is 0.804. The lowest BCUT2D eigenvalue weighted by atomic mass is 10.3. The summed E-state index contributed by atoms with van der Waals surface area (Å²) in [6.07, 6.45) is 0. The molecule has 1 aliphatic rings. The molecule has 0 saturated carbocycles. The number of aryl methyl sites for hydroxylation is 1. The van der Waals surface area contributed by atoms with Crippen molar-refractivity contribution < 1.29 is 9.47 Å². The maximum Gasteiger partial charge on any atom is 0.231 e. The van der Waals surface area contributed by atoms with Crippen LogP contribution < -0.4 is 14.8 Å². The predicted molar refractivity (Wildman–Crippen MR) is 58.7 cm³/mol. The molecule has 0 aliphatic carbocycles. The van der Waals surface area contributed by atoms with Crippen molar-refractivity contribution in [1.29, 1.82) is 0 Å². The van der Waals surface area contributed by atoms with Gasteiger partial charge in [0, 0.05) is 11.8 Å². The maximum absolute atomic E-state index is 5.29. The van der Waals surface area contributed by atoms with E-state index < -0.39 is 0 Å². The number of rotatable bonds is 3. The van der Waals surface area contributed by atoms with E-state index in [0.29, 0.717) is 12.4 Å². The van der Waals surface area contributed by atoms with Crippen molar-refractivity contribution in [3.63, 3.8) is 0 Å². The molecule has 0 saturated heterocycles. The van der Waals surface area contributed by atoms with Crippen molar-refractivity contribution in [2.24, 2.45) is 7.05 Å². The van der Waals surface area contributed by atoms with Crippen molar-refractivity contribution in [1.82, 2.24) is 20.2 Å². The van der Waals surface area contributed by atoms with Crippen LogP contribution in [0.15, 0.2) is 18.2 Å². The number of aromatic nitrogens is 4. The zero-order valence-corrected chi connectivity index (χ0v) is 9.25. The fraction of sp³-hybridized carbons (Fsp3) is 0.300. The summed E-state index contributed by atoms with van der Waals surface area (Å²) in [7, 11) is 1.73. The Balaban J connectivity index is 1.69. The van der Waals surface area contributed by atoms with Gasteiger partial charge in [0.25, 0.3) is 0 Å². The Kier molecular flexibility index (Phi) is 2.28. The summed E-state index contributed by atoms with van der Waals surface area (Å²) in [5.74, 6) is 2.17. The molecule has 1 aliphatic heterocycles. The van der Waals surface area contributed by atoms with E-state index in [1.807, 2.05) is 18.2 Å². The van der Waals surface area contributed by atoms with Gasteiger partial charge >= 0.3 is 0 Å². The van der Waals surface area contributed by atoms with Gasteiger partial charge in [-0.3, -0.25) is 0 Å². The molecule has 1 aromatic carbocycles. The number of benzene rings is 1. The van der Waals surface area contributed by atoms with Crippen molar-refractivity contribution in [2.45, 2.75) is 6.54 Å². The Morgan fingerprint density at radius 1 is 1.35 bits per heavy atom. The van der Waals surface area contributed by atoms with Crippen molar-refractivity contribution in [3.8, 4) is 11.5 Å². The van der Waals surface area contributed by atoms with E-state index in [9.17, 15) is 0 Å². The van der Waals surface area contributed by atoms with Crippen LogP contribution in [-0.2, 0) is 13.6 Å². The van der Waals surface area contributed by atoms with Gasteiger partial charge in [-0.25, -0.2) is 0 Å². The summed E-state index contributed by atoms with van der Waals surface area (Å²) in [6, 6.07) is 5.68. The minimum atomic E-state index is 0.282. The first-order valence-corrected chi connectivity index (χ1v) is 5.18. The lowest BCUT2D eigenvalue weighted by molar-refractivity contribution is 0.174. The van der Waals surface area contributed by atoms with Gasteiger partial charge in [0.05, 0.1) is 13.6 Å². The number of nitrogens with one attached hydrogen (secondary N) is 1. The van der Waals surface area contributed by atoms with E-state index in [-0.39, 0.29) is 6.79 Å². The number of nitrogens with zero attached hydrogens (tertiary/aromatic N) is 4. The van der Waals surface area contributed by atoms with Crippen LogP contribution in [0.4, 0.5) is 5.69 Å². The topological polar surface area (TPSA) is 74.1 Å². The molecular weight excluding hydrogens is 222 g/mol. The molecule has 7 nitrogen and oxygen atoms in total. The Morgan fingerprint density at radius 3 is 3.06 bits per heavy atom. The monoisotopic (exact) mass is 233 g/mol. The third kappa shape index (κ3) is 1.99. The average Bonchev–Trinajstić information content (AvgIpc) is 2.94. The zero-order chi connectivity index (χ0) is 11.7. The predicted octanol–water partition coefficient (Wildman–Crippen LogP) is 0.551. The van der Waals surface area contributed by atoms with Gasteiger partial charge < -0.3 is 14.8 Å². The molecule has 0 unspecified atom stereocenters. The van der Waals surface area contributed by atoms with Crippen LogP contribution in [0.25, 0.3) is 0 Å². The van der Waals surface area contributed by atoms with Gasteiger partial charge in [-0.05, 0) is 17.3 Å². The van der Waals surface area contributed by atoms with Crippen molar-refractivity contribution >= 4 is 5.69 Å². The van der Waals surface area contributed by atoms with Crippen LogP contribution in [0.1, 0.15) is 5.82 Å². The molecule has 1 N–H and O–H groups in total. The quantitative estimate of drug-likeness (QED) is 0.834. The summed E-state index contributed by atoms with van der Waals surface area (Å²) in [4.78, 5) is 1.43. The van der Waals surface area contributed by atoms with E-state index in [4.69, 9.17) is 9.47 Å². The van der Waals surface area contributed by atoms with Crippen LogP contribution in [0, 0.1) is 0 Å². The summed E-state index contributed by atoms with van der Waals surface area (Å²) in [5.41, 5.74) is 0.932. The molecule has 0 spiro atoms. The Hall–Kier alpha value is -2.31. The van der Waals surface area contributed by atoms with E-state index in [1.54, 1.807) is 7.05 Å². The van der Waals surface area contributed by atoms with E-state index in [2.05, 4.69) is 20.7 Å². The van der Waals surface area contributed by atoms with Crippen LogP contribution in [0.3, 0.4) is 0 Å². The summed E-state index contributed by atoms with van der Waals surface area (Å²) < 4.78 is 10.5. The molecule has 0 radical (unpaired) electrons. The summed E-state index contributed by atoms with van der Waals surface area (Å²) in [5, 5.41) is 14.9. The highest BCUT2D eigenvalue weighted by Gasteiger charge is 2.13. The van der Waals surface area contributed by atoms with Crippen LogP contribution in [0.2, 0.25) is 0 Å². The average molecular weight is 233 g/mol. The lowest BCUT2D eigenvalue weighted by Gasteiger charge is -2.04. The van der Waals surface area contributed by atoms with E-state index in [0.717, 1.165) is 17.2 Å². The van der Waals surface area contributed by atoms with E-state index >= 15 is 0 Å². The second-order valence-electron chi connectivity index (χ2n) is 3.62. The fourth-order valence-corrected chi connectivity index (χ4v) is 1.58. The highest BCUT2D eigenvalue weighted by molar-refractivity contribution is 5.55. The SMILES string of the molecule is Cn1nnc(CNc2ccc3c(c2)OCO3)n1. The number of ether oxygens (including phenoxy) is 2. The molecule has 88 valence electrons. The molecule has 2 heterocycles. The third-order valence-corrected chi connectivity index (χ3v) is 2.37. The molecule has 2 aromatic rings. The van der Waals surface area contributed by atoms with Gasteiger partial charge in [0.15, 0.2) is 17.3 Å². The highest BCUT2D eigenvalue weighted by Crippen LogP contribution is 2.34. The number of anilines is 1. The first kappa shape index (κ1) is 9.88. The minimum Gasteiger partial charge on any atom is -0.454 e. The first-order valence-electron chi connectivity index (χ1n) is 5.18. The summed E-state index contributed by atoms with van der Waals surface area (Å²) >= 11 is 0. The zero-order valence-electron chi connectivity index (χ0n) is 9.25. The molecule has 3 rings (SSSR count). The largest absolute Gasteiger partial charge is 0.454 e. The van der Waals surface area contributed by atoms with Gasteiger partial charge in [-0.15, -0.1) is 10.2 Å².